The van der Waals surface area contributed by atoms with E-state index in [9.17, 15) is 5.21 Å². The summed E-state index contributed by atoms with van der Waals surface area (Å²) in [4.78, 5) is 0. The van der Waals surface area contributed by atoms with E-state index in [1.807, 2.05) is 18.2 Å². The zero-order valence-corrected chi connectivity index (χ0v) is 11.2. The minimum absolute atomic E-state index is 0.543. The number of thioether (sulfide) groups is 1. The zero-order valence-electron chi connectivity index (χ0n) is 9.58. The molecule has 18 heavy (non-hydrogen) atoms. The Bertz CT molecular complexity index is 505. The molecule has 1 aromatic heterocycles. The maximum absolute atomic E-state index is 11.4. The predicted octanol–water partition coefficient (Wildman–Crippen LogP) is 3.14. The summed E-state index contributed by atoms with van der Waals surface area (Å²) in [5.74, 6) is 1.50. The number of aromatic nitrogens is 1. The van der Waals surface area contributed by atoms with Crippen molar-refractivity contribution in [3.63, 3.8) is 0 Å². The summed E-state index contributed by atoms with van der Waals surface area (Å²) in [5, 5.41) is 12.7. The number of rotatable bonds is 5. The lowest BCUT2D eigenvalue weighted by Crippen LogP contribution is -2.27. The summed E-state index contributed by atoms with van der Waals surface area (Å²) < 4.78 is 6.39. The van der Waals surface area contributed by atoms with Crippen molar-refractivity contribution in [2.75, 3.05) is 12.4 Å². The second-order valence-electron chi connectivity index (χ2n) is 3.52. The maximum atomic E-state index is 11.4. The van der Waals surface area contributed by atoms with Crippen molar-refractivity contribution >= 4 is 23.4 Å². The van der Waals surface area contributed by atoms with Crippen LogP contribution in [0.2, 0.25) is 5.02 Å². The SMILES string of the molecule is [O-][n+]1ccccc1SCCOc1ccc(Cl)cc1. The summed E-state index contributed by atoms with van der Waals surface area (Å²) in [5.41, 5.74) is 0. The van der Waals surface area contributed by atoms with Gasteiger partial charge in [0.15, 0.2) is 6.20 Å². The summed E-state index contributed by atoms with van der Waals surface area (Å²) in [6, 6.07) is 12.6. The highest BCUT2D eigenvalue weighted by atomic mass is 35.5. The Morgan fingerprint density at radius 3 is 2.67 bits per heavy atom. The van der Waals surface area contributed by atoms with Gasteiger partial charge in [-0.15, -0.1) is 0 Å². The largest absolute Gasteiger partial charge is 0.618 e. The van der Waals surface area contributed by atoms with E-state index in [4.69, 9.17) is 16.3 Å². The van der Waals surface area contributed by atoms with Crippen molar-refractivity contribution < 1.29 is 9.47 Å². The molecule has 0 aliphatic carbocycles. The highest BCUT2D eigenvalue weighted by molar-refractivity contribution is 7.99. The van der Waals surface area contributed by atoms with E-state index in [2.05, 4.69) is 0 Å². The molecule has 1 aromatic carbocycles. The molecule has 0 bridgehead atoms. The summed E-state index contributed by atoms with van der Waals surface area (Å²) in [6.45, 7) is 0.543. The van der Waals surface area contributed by atoms with Crippen molar-refractivity contribution in [3.05, 3.63) is 58.9 Å². The normalized spacial score (nSPS) is 10.3. The van der Waals surface area contributed by atoms with Gasteiger partial charge in [0.1, 0.15) is 5.75 Å². The van der Waals surface area contributed by atoms with Gasteiger partial charge >= 0.3 is 0 Å². The van der Waals surface area contributed by atoms with E-state index in [1.165, 1.54) is 18.0 Å². The van der Waals surface area contributed by atoms with Gasteiger partial charge in [0.25, 0.3) is 5.03 Å². The fourth-order valence-corrected chi connectivity index (χ4v) is 2.23. The Balaban J connectivity index is 1.76. The molecule has 1 heterocycles. The molecule has 0 amide bonds. The minimum atomic E-state index is 0.543. The van der Waals surface area contributed by atoms with Crippen LogP contribution in [0.4, 0.5) is 0 Å². The Kier molecular flexibility index (Phi) is 4.73. The van der Waals surface area contributed by atoms with Crippen LogP contribution in [0.25, 0.3) is 0 Å². The average Bonchev–Trinajstić information content (AvgIpc) is 2.39. The van der Waals surface area contributed by atoms with Crippen LogP contribution >= 0.6 is 23.4 Å². The molecule has 0 spiro atoms. The third-order valence-electron chi connectivity index (χ3n) is 2.20. The van der Waals surface area contributed by atoms with E-state index < -0.39 is 0 Å². The first-order valence-electron chi connectivity index (χ1n) is 5.45. The van der Waals surface area contributed by atoms with Crippen LogP contribution in [0.5, 0.6) is 5.75 Å². The fourth-order valence-electron chi connectivity index (χ4n) is 1.36. The number of benzene rings is 1. The van der Waals surface area contributed by atoms with Crippen LogP contribution in [0.3, 0.4) is 0 Å². The number of ether oxygens (including phenoxy) is 1. The highest BCUT2D eigenvalue weighted by Crippen LogP contribution is 2.17. The molecule has 94 valence electrons. The van der Waals surface area contributed by atoms with Gasteiger partial charge in [-0.1, -0.05) is 23.4 Å². The molecular formula is C13H12ClNO2S. The zero-order chi connectivity index (χ0) is 12.8. The van der Waals surface area contributed by atoms with Gasteiger partial charge in [-0.25, -0.2) is 0 Å². The molecule has 5 heteroatoms. The van der Waals surface area contributed by atoms with Gasteiger partial charge in [0, 0.05) is 22.9 Å². The van der Waals surface area contributed by atoms with Gasteiger partial charge in [-0.05, 0) is 30.3 Å². The van der Waals surface area contributed by atoms with Crippen LogP contribution in [0.15, 0.2) is 53.7 Å². The molecule has 2 rings (SSSR count). The van der Waals surface area contributed by atoms with Crippen LogP contribution in [-0.4, -0.2) is 12.4 Å². The molecule has 0 aliphatic heterocycles. The second-order valence-corrected chi connectivity index (χ2v) is 5.07. The summed E-state index contributed by atoms with van der Waals surface area (Å²) in [7, 11) is 0. The van der Waals surface area contributed by atoms with E-state index in [0.29, 0.717) is 16.7 Å². The van der Waals surface area contributed by atoms with Gasteiger partial charge in [-0.3, -0.25) is 0 Å². The van der Waals surface area contributed by atoms with E-state index in [-0.39, 0.29) is 0 Å². The molecule has 3 nitrogen and oxygen atoms in total. The summed E-state index contributed by atoms with van der Waals surface area (Å²) in [6.07, 6.45) is 1.49. The molecule has 0 N–H and O–H groups in total. The van der Waals surface area contributed by atoms with Crippen LogP contribution in [0.1, 0.15) is 0 Å². The monoisotopic (exact) mass is 281 g/mol. The fraction of sp³-hybridized carbons (Fsp3) is 0.154. The lowest BCUT2D eigenvalue weighted by molar-refractivity contribution is -0.645. The molecule has 0 saturated heterocycles. The average molecular weight is 282 g/mol. The second kappa shape index (κ2) is 6.52. The first-order valence-corrected chi connectivity index (χ1v) is 6.81. The molecule has 0 radical (unpaired) electrons. The van der Waals surface area contributed by atoms with E-state index in [0.717, 1.165) is 16.2 Å². The first kappa shape index (κ1) is 13.1. The molecule has 0 atom stereocenters. The number of halogens is 1. The Morgan fingerprint density at radius 1 is 1.17 bits per heavy atom. The van der Waals surface area contributed by atoms with Crippen LogP contribution in [0, 0.1) is 5.21 Å². The van der Waals surface area contributed by atoms with Crippen molar-refractivity contribution in [3.8, 4) is 5.75 Å². The Hall–Kier alpha value is -1.39. The first-order chi connectivity index (χ1) is 8.75. The van der Waals surface area contributed by atoms with Crippen molar-refractivity contribution in [2.24, 2.45) is 0 Å². The van der Waals surface area contributed by atoms with Gasteiger partial charge in [-0.2, -0.15) is 4.73 Å². The van der Waals surface area contributed by atoms with E-state index in [1.54, 1.807) is 24.3 Å². The maximum Gasteiger partial charge on any atom is 0.251 e. The predicted molar refractivity (Wildman–Crippen MR) is 73.1 cm³/mol. The highest BCUT2D eigenvalue weighted by Gasteiger charge is 2.03. The smallest absolute Gasteiger partial charge is 0.251 e. The van der Waals surface area contributed by atoms with Gasteiger partial charge in [0.2, 0.25) is 0 Å². The summed E-state index contributed by atoms with van der Waals surface area (Å²) >= 11 is 7.24. The lowest BCUT2D eigenvalue weighted by atomic mass is 10.3. The topological polar surface area (TPSA) is 36.2 Å². The Labute approximate surface area is 115 Å². The third kappa shape index (κ3) is 3.82. The third-order valence-corrected chi connectivity index (χ3v) is 3.44. The number of nitrogens with zero attached hydrogens (tertiary/aromatic N) is 1. The molecule has 0 saturated carbocycles. The molecule has 0 unspecified atom stereocenters. The molecule has 0 aliphatic rings. The quantitative estimate of drug-likeness (QED) is 0.366. The molecule has 2 aromatic rings. The molecular weight excluding hydrogens is 270 g/mol. The van der Waals surface area contributed by atoms with Gasteiger partial charge < -0.3 is 9.94 Å². The Morgan fingerprint density at radius 2 is 1.94 bits per heavy atom. The van der Waals surface area contributed by atoms with Crippen molar-refractivity contribution in [2.45, 2.75) is 5.03 Å². The minimum Gasteiger partial charge on any atom is -0.618 e. The number of pyridine rings is 1. The number of hydrogen-bond donors (Lipinski definition) is 0. The number of hydrogen-bond acceptors (Lipinski definition) is 3. The van der Waals surface area contributed by atoms with Crippen molar-refractivity contribution in [1.29, 1.82) is 0 Å². The molecule has 0 fully saturated rings. The lowest BCUT2D eigenvalue weighted by Gasteiger charge is -2.06. The van der Waals surface area contributed by atoms with Crippen LogP contribution in [-0.2, 0) is 0 Å². The van der Waals surface area contributed by atoms with E-state index >= 15 is 0 Å². The van der Waals surface area contributed by atoms with Crippen LogP contribution < -0.4 is 9.47 Å². The standard InChI is InChI=1S/C13H12ClNO2S/c14-11-4-6-12(7-5-11)17-9-10-18-13-3-1-2-8-15(13)16/h1-8H,9-10H2. The van der Waals surface area contributed by atoms with Gasteiger partial charge in [0.05, 0.1) is 6.61 Å². The van der Waals surface area contributed by atoms with Crippen molar-refractivity contribution in [1.82, 2.24) is 0 Å².